The lowest BCUT2D eigenvalue weighted by Gasteiger charge is -2.12. The Bertz CT molecular complexity index is 304. The Hall–Kier alpha value is -1.35. The second kappa shape index (κ2) is 4.24. The first-order valence-corrected chi connectivity index (χ1v) is 4.95. The summed E-state index contributed by atoms with van der Waals surface area (Å²) in [7, 11) is 0. The van der Waals surface area contributed by atoms with Gasteiger partial charge in [0, 0.05) is 5.56 Å². The fourth-order valence-corrected chi connectivity index (χ4v) is 1.64. The molecule has 1 aliphatic heterocycles. The summed E-state index contributed by atoms with van der Waals surface area (Å²) in [6.07, 6.45) is 2.32. The summed E-state index contributed by atoms with van der Waals surface area (Å²) in [5, 5.41) is 6.17. The van der Waals surface area contributed by atoms with E-state index in [0.717, 1.165) is 24.9 Å². The van der Waals surface area contributed by atoms with E-state index in [1.165, 1.54) is 0 Å². The maximum Gasteiger partial charge on any atom is 0.252 e. The number of amides is 1. The molecule has 1 saturated heterocycles. The molecule has 3 nitrogen and oxygen atoms in total. The van der Waals surface area contributed by atoms with E-state index in [1.54, 1.807) is 0 Å². The molecule has 3 heteroatoms. The molecule has 0 spiro atoms. The molecule has 1 aromatic rings. The Labute approximate surface area is 83.5 Å². The lowest BCUT2D eigenvalue weighted by molar-refractivity contribution is 0.0934. The molecule has 1 amide bonds. The van der Waals surface area contributed by atoms with Crippen LogP contribution in [0.5, 0.6) is 0 Å². The van der Waals surface area contributed by atoms with Gasteiger partial charge in [0.05, 0.1) is 6.17 Å². The summed E-state index contributed by atoms with van der Waals surface area (Å²) in [5.41, 5.74) is 0.723. The van der Waals surface area contributed by atoms with Crippen LogP contribution in [-0.4, -0.2) is 18.6 Å². The number of hydrogen-bond donors (Lipinski definition) is 2. The van der Waals surface area contributed by atoms with Crippen molar-refractivity contribution in [2.75, 3.05) is 6.54 Å². The predicted octanol–water partition coefficient (Wildman–Crippen LogP) is 1.13. The highest BCUT2D eigenvalue weighted by Gasteiger charge is 2.16. The van der Waals surface area contributed by atoms with Crippen LogP contribution < -0.4 is 10.6 Å². The van der Waals surface area contributed by atoms with Gasteiger partial charge in [-0.15, -0.1) is 0 Å². The summed E-state index contributed by atoms with van der Waals surface area (Å²) in [5.74, 6) is 0.00463. The molecule has 1 heterocycles. The van der Waals surface area contributed by atoms with Gasteiger partial charge in [-0.05, 0) is 31.5 Å². The third kappa shape index (κ3) is 2.12. The minimum atomic E-state index is 0.00463. The van der Waals surface area contributed by atoms with E-state index in [2.05, 4.69) is 10.6 Å². The van der Waals surface area contributed by atoms with E-state index in [-0.39, 0.29) is 12.1 Å². The zero-order chi connectivity index (χ0) is 9.80. The van der Waals surface area contributed by atoms with Crippen LogP contribution in [0.1, 0.15) is 23.2 Å². The van der Waals surface area contributed by atoms with E-state index < -0.39 is 0 Å². The largest absolute Gasteiger partial charge is 0.337 e. The molecule has 0 aliphatic carbocycles. The number of benzene rings is 1. The van der Waals surface area contributed by atoms with Gasteiger partial charge in [0.15, 0.2) is 0 Å². The summed E-state index contributed by atoms with van der Waals surface area (Å²) >= 11 is 0. The van der Waals surface area contributed by atoms with Crippen molar-refractivity contribution in [3.8, 4) is 0 Å². The predicted molar refractivity (Wildman–Crippen MR) is 54.9 cm³/mol. The lowest BCUT2D eigenvalue weighted by atomic mass is 10.2. The first kappa shape index (κ1) is 9.21. The average molecular weight is 190 g/mol. The molecule has 0 aromatic heterocycles. The van der Waals surface area contributed by atoms with Crippen molar-refractivity contribution in [2.24, 2.45) is 0 Å². The quantitative estimate of drug-likeness (QED) is 0.734. The van der Waals surface area contributed by atoms with E-state index in [1.807, 2.05) is 30.3 Å². The summed E-state index contributed by atoms with van der Waals surface area (Å²) < 4.78 is 0. The number of carbonyl (C=O) groups is 1. The Balaban J connectivity index is 1.95. The highest BCUT2D eigenvalue weighted by Crippen LogP contribution is 2.04. The van der Waals surface area contributed by atoms with Crippen LogP contribution in [0.2, 0.25) is 0 Å². The second-order valence-corrected chi connectivity index (χ2v) is 3.49. The molecule has 2 rings (SSSR count). The maximum absolute atomic E-state index is 11.6. The summed E-state index contributed by atoms with van der Waals surface area (Å²) in [6.45, 7) is 1.000. The fraction of sp³-hybridized carbons (Fsp3) is 0.364. The molecular formula is C11H14N2O. The SMILES string of the molecule is O=C(NC1CCCN1)c1ccccc1. The van der Waals surface area contributed by atoms with Crippen LogP contribution >= 0.6 is 0 Å². The van der Waals surface area contributed by atoms with Crippen molar-refractivity contribution in [3.63, 3.8) is 0 Å². The number of nitrogens with one attached hydrogen (secondary N) is 2. The monoisotopic (exact) mass is 190 g/mol. The molecule has 74 valence electrons. The molecular weight excluding hydrogens is 176 g/mol. The minimum Gasteiger partial charge on any atom is -0.337 e. The van der Waals surface area contributed by atoms with Crippen molar-refractivity contribution >= 4 is 5.91 Å². The Morgan fingerprint density at radius 3 is 2.79 bits per heavy atom. The summed E-state index contributed by atoms with van der Waals surface area (Å²) in [6, 6.07) is 9.30. The Morgan fingerprint density at radius 1 is 1.36 bits per heavy atom. The normalized spacial score (nSPS) is 20.7. The smallest absolute Gasteiger partial charge is 0.252 e. The molecule has 1 fully saturated rings. The zero-order valence-electron chi connectivity index (χ0n) is 7.99. The maximum atomic E-state index is 11.6. The Morgan fingerprint density at radius 2 is 2.14 bits per heavy atom. The van der Waals surface area contributed by atoms with E-state index >= 15 is 0 Å². The molecule has 1 aliphatic rings. The highest BCUT2D eigenvalue weighted by atomic mass is 16.1. The summed E-state index contributed by atoms with van der Waals surface area (Å²) in [4.78, 5) is 11.6. The average Bonchev–Trinajstić information content (AvgIpc) is 2.72. The van der Waals surface area contributed by atoms with Crippen LogP contribution in [0.15, 0.2) is 30.3 Å². The van der Waals surface area contributed by atoms with Crippen molar-refractivity contribution < 1.29 is 4.79 Å². The van der Waals surface area contributed by atoms with Gasteiger partial charge in [-0.1, -0.05) is 18.2 Å². The zero-order valence-corrected chi connectivity index (χ0v) is 7.99. The van der Waals surface area contributed by atoms with Crippen molar-refractivity contribution in [2.45, 2.75) is 19.0 Å². The third-order valence-corrected chi connectivity index (χ3v) is 2.40. The number of carbonyl (C=O) groups excluding carboxylic acids is 1. The molecule has 14 heavy (non-hydrogen) atoms. The van der Waals surface area contributed by atoms with Crippen molar-refractivity contribution in [3.05, 3.63) is 35.9 Å². The first-order valence-electron chi connectivity index (χ1n) is 4.95. The topological polar surface area (TPSA) is 41.1 Å². The second-order valence-electron chi connectivity index (χ2n) is 3.49. The van der Waals surface area contributed by atoms with Gasteiger partial charge in [0.2, 0.25) is 0 Å². The van der Waals surface area contributed by atoms with E-state index in [9.17, 15) is 4.79 Å². The van der Waals surface area contributed by atoms with Gasteiger partial charge in [-0.25, -0.2) is 0 Å². The van der Waals surface area contributed by atoms with E-state index in [4.69, 9.17) is 0 Å². The van der Waals surface area contributed by atoms with Gasteiger partial charge in [-0.2, -0.15) is 0 Å². The van der Waals surface area contributed by atoms with Gasteiger partial charge in [0.1, 0.15) is 0 Å². The molecule has 1 atom stereocenters. The van der Waals surface area contributed by atoms with Crippen LogP contribution in [0.4, 0.5) is 0 Å². The van der Waals surface area contributed by atoms with Crippen LogP contribution in [0, 0.1) is 0 Å². The Kier molecular flexibility index (Phi) is 2.79. The van der Waals surface area contributed by atoms with Crippen molar-refractivity contribution in [1.29, 1.82) is 0 Å². The van der Waals surface area contributed by atoms with Crippen LogP contribution in [0.25, 0.3) is 0 Å². The molecule has 0 bridgehead atoms. The number of hydrogen-bond acceptors (Lipinski definition) is 2. The molecule has 1 unspecified atom stereocenters. The molecule has 1 aromatic carbocycles. The number of rotatable bonds is 2. The van der Waals surface area contributed by atoms with Crippen molar-refractivity contribution in [1.82, 2.24) is 10.6 Å². The first-order chi connectivity index (χ1) is 6.86. The minimum absolute atomic E-state index is 0.00463. The van der Waals surface area contributed by atoms with Gasteiger partial charge in [-0.3, -0.25) is 10.1 Å². The van der Waals surface area contributed by atoms with Gasteiger partial charge >= 0.3 is 0 Å². The van der Waals surface area contributed by atoms with Gasteiger partial charge < -0.3 is 5.32 Å². The lowest BCUT2D eigenvalue weighted by Crippen LogP contribution is -2.41. The third-order valence-electron chi connectivity index (χ3n) is 2.40. The molecule has 2 N–H and O–H groups in total. The van der Waals surface area contributed by atoms with E-state index in [0.29, 0.717) is 0 Å². The molecule has 0 radical (unpaired) electrons. The van der Waals surface area contributed by atoms with Crippen LogP contribution in [0.3, 0.4) is 0 Å². The molecule has 0 saturated carbocycles. The van der Waals surface area contributed by atoms with Gasteiger partial charge in [0.25, 0.3) is 5.91 Å². The van der Waals surface area contributed by atoms with Crippen LogP contribution in [-0.2, 0) is 0 Å². The fourth-order valence-electron chi connectivity index (χ4n) is 1.64. The highest BCUT2D eigenvalue weighted by molar-refractivity contribution is 5.94. The standard InChI is InChI=1S/C11H14N2O/c14-11(9-5-2-1-3-6-9)13-10-7-4-8-12-10/h1-3,5-6,10,12H,4,7-8H2,(H,13,14).